The van der Waals surface area contributed by atoms with Gasteiger partial charge >= 0.3 is 5.97 Å². The minimum absolute atomic E-state index is 0.187. The zero-order valence-electron chi connectivity index (χ0n) is 8.53. The third kappa shape index (κ3) is 1.94. The van der Waals surface area contributed by atoms with Crippen molar-refractivity contribution in [2.75, 3.05) is 12.8 Å². The second-order valence-corrected chi connectivity index (χ2v) is 3.54. The topological polar surface area (TPSA) is 61.5 Å². The van der Waals surface area contributed by atoms with Crippen LogP contribution < -0.4 is 5.73 Å². The van der Waals surface area contributed by atoms with Crippen LogP contribution in [0.15, 0.2) is 18.2 Å². The Hall–Kier alpha value is -1.55. The summed E-state index contributed by atoms with van der Waals surface area (Å²) in [6.07, 6.45) is 0.0704. The number of benzene rings is 1. The monoisotopic (exact) mass is 207 g/mol. The first-order valence-electron chi connectivity index (χ1n) is 4.77. The predicted octanol–water partition coefficient (Wildman–Crippen LogP) is 1.40. The van der Waals surface area contributed by atoms with E-state index in [4.69, 9.17) is 10.5 Å². The molecule has 0 saturated heterocycles. The first kappa shape index (κ1) is 9.98. The van der Waals surface area contributed by atoms with Crippen LogP contribution in [-0.4, -0.2) is 13.1 Å². The molecule has 0 aromatic heterocycles. The summed E-state index contributed by atoms with van der Waals surface area (Å²) in [6, 6.07) is 5.61. The fourth-order valence-electron chi connectivity index (χ4n) is 1.75. The van der Waals surface area contributed by atoms with Crippen LogP contribution in [-0.2, 0) is 20.9 Å². The first-order chi connectivity index (χ1) is 7.20. The summed E-state index contributed by atoms with van der Waals surface area (Å²) in [5, 5.41) is 0. The van der Waals surface area contributed by atoms with Crippen LogP contribution in [0.4, 0.5) is 5.69 Å². The lowest BCUT2D eigenvalue weighted by Gasteiger charge is -2.09. The molecule has 1 aliphatic heterocycles. The fourth-order valence-corrected chi connectivity index (χ4v) is 1.75. The lowest BCUT2D eigenvalue weighted by molar-refractivity contribution is -0.143. The molecule has 2 rings (SSSR count). The van der Waals surface area contributed by atoms with Crippen LogP contribution in [0.1, 0.15) is 23.7 Å². The summed E-state index contributed by atoms with van der Waals surface area (Å²) in [5.74, 6) is -0.260. The van der Waals surface area contributed by atoms with Crippen molar-refractivity contribution >= 4 is 11.7 Å². The van der Waals surface area contributed by atoms with Crippen LogP contribution in [0.3, 0.4) is 0 Å². The average molecular weight is 207 g/mol. The quantitative estimate of drug-likeness (QED) is 0.588. The van der Waals surface area contributed by atoms with E-state index in [1.54, 1.807) is 0 Å². The van der Waals surface area contributed by atoms with E-state index in [0.29, 0.717) is 6.61 Å². The van der Waals surface area contributed by atoms with E-state index < -0.39 is 0 Å². The normalized spacial score (nSPS) is 18.6. The number of esters is 1. The summed E-state index contributed by atoms with van der Waals surface area (Å²) in [5.41, 5.74) is 8.47. The Kier molecular flexibility index (Phi) is 2.60. The van der Waals surface area contributed by atoms with Crippen molar-refractivity contribution in [3.8, 4) is 0 Å². The van der Waals surface area contributed by atoms with E-state index in [1.165, 1.54) is 7.11 Å². The van der Waals surface area contributed by atoms with Crippen molar-refractivity contribution in [2.45, 2.75) is 19.1 Å². The minimum atomic E-state index is -0.260. The van der Waals surface area contributed by atoms with Gasteiger partial charge in [-0.2, -0.15) is 0 Å². The van der Waals surface area contributed by atoms with Gasteiger partial charge in [-0.05, 0) is 23.3 Å². The molecule has 0 radical (unpaired) electrons. The van der Waals surface area contributed by atoms with Crippen LogP contribution in [0.5, 0.6) is 0 Å². The van der Waals surface area contributed by atoms with Gasteiger partial charge in [0.05, 0.1) is 26.2 Å². The van der Waals surface area contributed by atoms with Gasteiger partial charge in [-0.1, -0.05) is 6.07 Å². The summed E-state index contributed by atoms with van der Waals surface area (Å²) >= 11 is 0. The van der Waals surface area contributed by atoms with E-state index >= 15 is 0 Å². The number of carbonyl (C=O) groups excluding carboxylic acids is 1. The van der Waals surface area contributed by atoms with E-state index in [1.807, 2.05) is 18.2 Å². The number of fused-ring (bicyclic) bond motifs is 1. The lowest BCUT2D eigenvalue weighted by atomic mass is 10.0. The second kappa shape index (κ2) is 3.90. The average Bonchev–Trinajstić information content (AvgIpc) is 2.60. The van der Waals surface area contributed by atoms with Gasteiger partial charge in [-0.15, -0.1) is 0 Å². The molecular weight excluding hydrogens is 194 g/mol. The highest BCUT2D eigenvalue weighted by atomic mass is 16.5. The number of hydrogen-bond acceptors (Lipinski definition) is 4. The van der Waals surface area contributed by atoms with Crippen LogP contribution in [0.25, 0.3) is 0 Å². The van der Waals surface area contributed by atoms with Crippen molar-refractivity contribution < 1.29 is 14.3 Å². The second-order valence-electron chi connectivity index (χ2n) is 3.54. The lowest BCUT2D eigenvalue weighted by Crippen LogP contribution is -2.07. The maximum absolute atomic E-state index is 11.1. The highest BCUT2D eigenvalue weighted by molar-refractivity contribution is 5.70. The van der Waals surface area contributed by atoms with E-state index in [0.717, 1.165) is 16.8 Å². The number of ether oxygens (including phenoxy) is 2. The smallest absolute Gasteiger partial charge is 0.308 e. The van der Waals surface area contributed by atoms with Gasteiger partial charge in [0, 0.05) is 5.69 Å². The first-order valence-corrected chi connectivity index (χ1v) is 4.77. The van der Waals surface area contributed by atoms with Crippen LogP contribution in [0.2, 0.25) is 0 Å². The Balaban J connectivity index is 2.18. The number of carbonyl (C=O) groups is 1. The molecule has 0 saturated carbocycles. The molecule has 80 valence electrons. The molecule has 4 nitrogen and oxygen atoms in total. The van der Waals surface area contributed by atoms with Gasteiger partial charge in [-0.3, -0.25) is 4.79 Å². The number of hydrogen-bond donors (Lipinski definition) is 1. The van der Waals surface area contributed by atoms with Crippen molar-refractivity contribution in [1.29, 1.82) is 0 Å². The number of rotatable bonds is 2. The maximum Gasteiger partial charge on any atom is 0.308 e. The molecule has 0 aliphatic carbocycles. The third-order valence-electron chi connectivity index (χ3n) is 2.53. The number of methoxy groups -OCH3 is 1. The van der Waals surface area contributed by atoms with E-state index in [-0.39, 0.29) is 18.5 Å². The van der Waals surface area contributed by atoms with Crippen molar-refractivity contribution in [2.24, 2.45) is 0 Å². The van der Waals surface area contributed by atoms with Gasteiger partial charge in [0.1, 0.15) is 0 Å². The fraction of sp³-hybridized carbons (Fsp3) is 0.364. The summed E-state index contributed by atoms with van der Waals surface area (Å²) < 4.78 is 10.1. The highest BCUT2D eigenvalue weighted by Crippen LogP contribution is 2.34. The van der Waals surface area contributed by atoms with E-state index in [9.17, 15) is 4.79 Å². The van der Waals surface area contributed by atoms with Crippen LogP contribution in [0, 0.1) is 0 Å². The highest BCUT2D eigenvalue weighted by Gasteiger charge is 2.25. The molecule has 1 heterocycles. The molecule has 1 aromatic rings. The summed E-state index contributed by atoms with van der Waals surface area (Å²) in [4.78, 5) is 11.1. The molecule has 0 spiro atoms. The number of anilines is 1. The molecule has 0 amide bonds. The molecular formula is C11H13NO3. The molecule has 1 atom stereocenters. The molecule has 1 unspecified atom stereocenters. The Morgan fingerprint density at radius 1 is 1.67 bits per heavy atom. The predicted molar refractivity (Wildman–Crippen MR) is 55.0 cm³/mol. The van der Waals surface area contributed by atoms with Gasteiger partial charge in [0.2, 0.25) is 0 Å². The number of nitrogen functional groups attached to an aromatic ring is 1. The van der Waals surface area contributed by atoms with Gasteiger partial charge in [-0.25, -0.2) is 0 Å². The molecule has 2 N–H and O–H groups in total. The molecule has 4 heteroatoms. The Labute approximate surface area is 88.0 Å². The maximum atomic E-state index is 11.1. The van der Waals surface area contributed by atoms with Crippen molar-refractivity contribution in [1.82, 2.24) is 0 Å². The molecule has 1 aromatic carbocycles. The van der Waals surface area contributed by atoms with E-state index in [2.05, 4.69) is 4.74 Å². The Morgan fingerprint density at radius 2 is 2.47 bits per heavy atom. The third-order valence-corrected chi connectivity index (χ3v) is 2.53. The summed E-state index contributed by atoms with van der Waals surface area (Å²) in [6.45, 7) is 0.516. The van der Waals surface area contributed by atoms with Gasteiger partial charge in [0.25, 0.3) is 0 Å². The standard InChI is InChI=1S/C11H13NO3/c1-14-11(13)5-10-9-3-2-8(12)4-7(9)6-15-10/h2-4,10H,5-6,12H2,1H3. The van der Waals surface area contributed by atoms with Gasteiger partial charge < -0.3 is 15.2 Å². The molecule has 0 fully saturated rings. The SMILES string of the molecule is COC(=O)CC1OCc2cc(N)ccc21. The zero-order valence-corrected chi connectivity index (χ0v) is 8.53. The van der Waals surface area contributed by atoms with Crippen molar-refractivity contribution in [3.63, 3.8) is 0 Å². The number of nitrogens with two attached hydrogens (primary N) is 1. The molecule has 15 heavy (non-hydrogen) atoms. The summed E-state index contributed by atoms with van der Waals surface area (Å²) in [7, 11) is 1.38. The largest absolute Gasteiger partial charge is 0.469 e. The van der Waals surface area contributed by atoms with Crippen LogP contribution >= 0.6 is 0 Å². The Bertz CT molecular complexity index is 389. The van der Waals surface area contributed by atoms with Crippen molar-refractivity contribution in [3.05, 3.63) is 29.3 Å². The Morgan fingerprint density at radius 3 is 3.20 bits per heavy atom. The molecule has 0 bridgehead atoms. The zero-order chi connectivity index (χ0) is 10.8. The molecule has 1 aliphatic rings. The van der Waals surface area contributed by atoms with Gasteiger partial charge in [0.15, 0.2) is 0 Å². The minimum Gasteiger partial charge on any atom is -0.469 e.